The second-order valence-electron chi connectivity index (χ2n) is 5.41. The van der Waals surface area contributed by atoms with E-state index in [4.69, 9.17) is 0 Å². The first kappa shape index (κ1) is 14.5. The predicted molar refractivity (Wildman–Crippen MR) is 84.2 cm³/mol. The average Bonchev–Trinajstić information content (AvgIpc) is 2.96. The minimum absolute atomic E-state index is 0.0479. The largest absolute Gasteiger partial charge is 0.309 e. The zero-order valence-electron chi connectivity index (χ0n) is 13.3. The second kappa shape index (κ2) is 5.40. The van der Waals surface area contributed by atoms with Crippen molar-refractivity contribution in [2.45, 2.75) is 32.7 Å². The first-order valence-corrected chi connectivity index (χ1v) is 7.48. The number of hydrogen-bond acceptors (Lipinski definition) is 5. The Kier molecular flexibility index (Phi) is 3.56. The van der Waals surface area contributed by atoms with Gasteiger partial charge in [0, 0.05) is 26.7 Å². The summed E-state index contributed by atoms with van der Waals surface area (Å²) in [4.78, 5) is 25.3. The summed E-state index contributed by atoms with van der Waals surface area (Å²) in [6, 6.07) is -0.277. The van der Waals surface area contributed by atoms with Crippen LogP contribution in [0.3, 0.4) is 0 Å². The van der Waals surface area contributed by atoms with Crippen molar-refractivity contribution in [3.8, 4) is 0 Å². The number of anilines is 3. The summed E-state index contributed by atoms with van der Waals surface area (Å²) in [5.41, 5.74) is 1.61. The molecule has 1 aliphatic heterocycles. The molecule has 0 saturated carbocycles. The van der Waals surface area contributed by atoms with Crippen LogP contribution in [0, 0.1) is 0 Å². The van der Waals surface area contributed by atoms with Gasteiger partial charge in [-0.05, 0) is 6.42 Å². The summed E-state index contributed by atoms with van der Waals surface area (Å²) in [7, 11) is 3.64. The maximum atomic E-state index is 12.7. The van der Waals surface area contributed by atoms with Crippen LogP contribution in [0.2, 0.25) is 0 Å². The molecule has 2 aromatic heterocycles. The Morgan fingerprint density at radius 3 is 2.59 bits per heavy atom. The fraction of sp³-hybridized carbons (Fsp3) is 0.467. The third kappa shape index (κ3) is 2.13. The number of carbonyl (C=O) groups is 1. The van der Waals surface area contributed by atoms with Gasteiger partial charge in [0.15, 0.2) is 5.82 Å². The summed E-state index contributed by atoms with van der Waals surface area (Å²) in [6.45, 7) is 4.03. The monoisotopic (exact) mass is 300 g/mol. The maximum absolute atomic E-state index is 12.7. The van der Waals surface area contributed by atoms with Crippen LogP contribution in [0.1, 0.15) is 26.1 Å². The molecule has 1 amide bonds. The van der Waals surface area contributed by atoms with Crippen LogP contribution >= 0.6 is 0 Å². The standard InChI is InChI=1S/C15H20N6O/c1-5-11-15(22)20(4)12-8-16-13(6-2)18-14(12)21(11)10-7-17-19(3)9-10/h7-9,11H,5-6H2,1-4H3. The minimum Gasteiger partial charge on any atom is -0.309 e. The molecule has 0 N–H and O–H groups in total. The van der Waals surface area contributed by atoms with Crippen LogP contribution in [-0.4, -0.2) is 38.7 Å². The molecular weight excluding hydrogens is 280 g/mol. The molecule has 0 radical (unpaired) electrons. The van der Waals surface area contributed by atoms with Crippen molar-refractivity contribution < 1.29 is 4.79 Å². The number of hydrogen-bond donors (Lipinski definition) is 0. The fourth-order valence-electron chi connectivity index (χ4n) is 2.78. The van der Waals surface area contributed by atoms with Gasteiger partial charge in [-0.1, -0.05) is 13.8 Å². The number of rotatable bonds is 3. The van der Waals surface area contributed by atoms with Gasteiger partial charge < -0.3 is 9.80 Å². The summed E-state index contributed by atoms with van der Waals surface area (Å²) in [6.07, 6.45) is 6.84. The number of likely N-dealkylation sites (N-methyl/N-ethyl adjacent to an activating group) is 1. The normalized spacial score (nSPS) is 17.8. The molecule has 0 aliphatic carbocycles. The predicted octanol–water partition coefficient (Wildman–Crippen LogP) is 1.67. The number of nitrogens with zero attached hydrogens (tertiary/aromatic N) is 6. The van der Waals surface area contributed by atoms with Crippen LogP contribution in [0.25, 0.3) is 0 Å². The van der Waals surface area contributed by atoms with E-state index in [1.54, 1.807) is 29.0 Å². The van der Waals surface area contributed by atoms with Crippen LogP contribution in [-0.2, 0) is 18.3 Å². The Morgan fingerprint density at radius 1 is 1.23 bits per heavy atom. The molecule has 22 heavy (non-hydrogen) atoms. The number of aryl methyl sites for hydroxylation is 2. The zero-order valence-corrected chi connectivity index (χ0v) is 13.3. The topological polar surface area (TPSA) is 67.2 Å². The first-order valence-electron chi connectivity index (χ1n) is 7.48. The molecule has 1 atom stereocenters. The molecule has 1 unspecified atom stereocenters. The molecular formula is C15H20N6O. The number of fused-ring (bicyclic) bond motifs is 1. The lowest BCUT2D eigenvalue weighted by Gasteiger charge is -2.39. The van der Waals surface area contributed by atoms with E-state index in [2.05, 4.69) is 15.1 Å². The Hall–Kier alpha value is -2.44. The van der Waals surface area contributed by atoms with E-state index in [9.17, 15) is 4.79 Å². The number of carbonyl (C=O) groups excluding carboxylic acids is 1. The number of amides is 1. The quantitative estimate of drug-likeness (QED) is 0.862. The van der Waals surface area contributed by atoms with E-state index in [1.165, 1.54) is 0 Å². The van der Waals surface area contributed by atoms with Crippen LogP contribution in [0.15, 0.2) is 18.6 Å². The zero-order chi connectivity index (χ0) is 15.9. The van der Waals surface area contributed by atoms with Gasteiger partial charge in [-0.3, -0.25) is 9.48 Å². The van der Waals surface area contributed by atoms with E-state index >= 15 is 0 Å². The van der Waals surface area contributed by atoms with Crippen LogP contribution in [0.4, 0.5) is 17.2 Å². The lowest BCUT2D eigenvalue weighted by Crippen LogP contribution is -2.50. The van der Waals surface area contributed by atoms with Gasteiger partial charge in [0.05, 0.1) is 18.1 Å². The molecule has 3 heterocycles. The van der Waals surface area contributed by atoms with Crippen LogP contribution in [0.5, 0.6) is 0 Å². The molecule has 0 aromatic carbocycles. The van der Waals surface area contributed by atoms with Crippen molar-refractivity contribution in [1.82, 2.24) is 19.7 Å². The van der Waals surface area contributed by atoms with Gasteiger partial charge in [-0.15, -0.1) is 0 Å². The lowest BCUT2D eigenvalue weighted by molar-refractivity contribution is -0.119. The third-order valence-corrected chi connectivity index (χ3v) is 3.99. The summed E-state index contributed by atoms with van der Waals surface area (Å²) in [5, 5.41) is 4.23. The summed E-state index contributed by atoms with van der Waals surface area (Å²) >= 11 is 0. The fourth-order valence-corrected chi connectivity index (χ4v) is 2.78. The molecule has 7 heteroatoms. The van der Waals surface area contributed by atoms with Gasteiger partial charge in [-0.25, -0.2) is 9.97 Å². The second-order valence-corrected chi connectivity index (χ2v) is 5.41. The van der Waals surface area contributed by atoms with Crippen LogP contribution < -0.4 is 9.80 Å². The van der Waals surface area contributed by atoms with Crippen molar-refractivity contribution in [1.29, 1.82) is 0 Å². The van der Waals surface area contributed by atoms with Crippen molar-refractivity contribution in [2.24, 2.45) is 7.05 Å². The highest BCUT2D eigenvalue weighted by Crippen LogP contribution is 2.38. The van der Waals surface area contributed by atoms with Crippen molar-refractivity contribution in [2.75, 3.05) is 16.8 Å². The highest BCUT2D eigenvalue weighted by molar-refractivity contribution is 6.05. The van der Waals surface area contributed by atoms with Crippen molar-refractivity contribution >= 4 is 23.1 Å². The Bertz CT molecular complexity index is 710. The Balaban J connectivity index is 2.20. The molecule has 0 bridgehead atoms. The van der Waals surface area contributed by atoms with Gasteiger partial charge in [-0.2, -0.15) is 5.10 Å². The minimum atomic E-state index is -0.277. The smallest absolute Gasteiger partial charge is 0.250 e. The van der Waals surface area contributed by atoms with Gasteiger partial charge >= 0.3 is 0 Å². The lowest BCUT2D eigenvalue weighted by atomic mass is 10.1. The van der Waals surface area contributed by atoms with E-state index in [-0.39, 0.29) is 11.9 Å². The summed E-state index contributed by atoms with van der Waals surface area (Å²) < 4.78 is 1.73. The first-order chi connectivity index (χ1) is 10.6. The Morgan fingerprint density at radius 2 is 2.00 bits per heavy atom. The molecule has 116 valence electrons. The molecule has 1 aliphatic rings. The maximum Gasteiger partial charge on any atom is 0.250 e. The molecule has 0 spiro atoms. The Labute approximate surface area is 129 Å². The molecule has 3 rings (SSSR count). The van der Waals surface area contributed by atoms with Gasteiger partial charge in [0.1, 0.15) is 17.6 Å². The van der Waals surface area contributed by atoms with E-state index in [1.807, 2.05) is 32.0 Å². The summed E-state index contributed by atoms with van der Waals surface area (Å²) in [5.74, 6) is 1.59. The van der Waals surface area contributed by atoms with E-state index in [0.717, 1.165) is 29.4 Å². The molecule has 2 aromatic rings. The van der Waals surface area contributed by atoms with Crippen molar-refractivity contribution in [3.63, 3.8) is 0 Å². The molecule has 0 saturated heterocycles. The highest BCUT2D eigenvalue weighted by Gasteiger charge is 2.38. The average molecular weight is 300 g/mol. The number of aromatic nitrogens is 4. The van der Waals surface area contributed by atoms with E-state index in [0.29, 0.717) is 6.42 Å². The van der Waals surface area contributed by atoms with Gasteiger partial charge in [0.25, 0.3) is 0 Å². The van der Waals surface area contributed by atoms with Gasteiger partial charge in [0.2, 0.25) is 5.91 Å². The van der Waals surface area contributed by atoms with Crippen molar-refractivity contribution in [3.05, 3.63) is 24.4 Å². The molecule has 0 fully saturated rings. The SMILES string of the molecule is CCc1ncc2c(n1)N(c1cnn(C)c1)C(CC)C(=O)N2C. The highest BCUT2D eigenvalue weighted by atomic mass is 16.2. The van der Waals surface area contributed by atoms with E-state index < -0.39 is 0 Å². The molecule has 7 nitrogen and oxygen atoms in total. The third-order valence-electron chi connectivity index (χ3n) is 3.99.